The minimum atomic E-state index is -0.495. The highest BCUT2D eigenvalue weighted by Crippen LogP contribution is 2.35. The molecule has 2 heterocycles. The van der Waals surface area contributed by atoms with Crippen molar-refractivity contribution in [1.82, 2.24) is 9.97 Å². The summed E-state index contributed by atoms with van der Waals surface area (Å²) in [6.45, 7) is 1.21. The Balaban J connectivity index is 2.11. The van der Waals surface area contributed by atoms with Crippen molar-refractivity contribution >= 4 is 17.5 Å². The lowest BCUT2D eigenvalue weighted by Crippen LogP contribution is -2.21. The molecule has 0 aliphatic carbocycles. The molecule has 0 fully saturated rings. The number of anilines is 3. The molecule has 0 atom stereocenters. The van der Waals surface area contributed by atoms with Gasteiger partial charge in [-0.15, -0.1) is 0 Å². The van der Waals surface area contributed by atoms with Crippen LogP contribution in [0.3, 0.4) is 0 Å². The van der Waals surface area contributed by atoms with Gasteiger partial charge < -0.3 is 15.4 Å². The maximum absolute atomic E-state index is 13.9. The number of halogens is 1. The van der Waals surface area contributed by atoms with Gasteiger partial charge in [-0.3, -0.25) is 0 Å². The van der Waals surface area contributed by atoms with Gasteiger partial charge >= 0.3 is 0 Å². The Labute approximate surface area is 109 Å². The van der Waals surface area contributed by atoms with E-state index in [2.05, 4.69) is 9.97 Å². The molecule has 5 nitrogen and oxygen atoms in total. The van der Waals surface area contributed by atoms with Crippen LogP contribution in [0.25, 0.3) is 0 Å². The van der Waals surface area contributed by atoms with Gasteiger partial charge in [-0.05, 0) is 18.6 Å². The van der Waals surface area contributed by atoms with E-state index in [4.69, 9.17) is 10.5 Å². The quantitative estimate of drug-likeness (QED) is 0.850. The number of para-hydroxylation sites is 2. The van der Waals surface area contributed by atoms with Gasteiger partial charge in [0.15, 0.2) is 11.6 Å². The van der Waals surface area contributed by atoms with Crippen LogP contribution in [-0.2, 0) is 0 Å². The van der Waals surface area contributed by atoms with E-state index in [1.807, 2.05) is 24.3 Å². The van der Waals surface area contributed by atoms with Gasteiger partial charge in [-0.2, -0.15) is 4.98 Å². The van der Waals surface area contributed by atoms with E-state index in [1.165, 1.54) is 0 Å². The van der Waals surface area contributed by atoms with Crippen molar-refractivity contribution in [1.29, 1.82) is 0 Å². The van der Waals surface area contributed by atoms with Crippen LogP contribution in [0.2, 0.25) is 0 Å². The van der Waals surface area contributed by atoms with E-state index >= 15 is 0 Å². The predicted octanol–water partition coefficient (Wildman–Crippen LogP) is 2.12. The lowest BCUT2D eigenvalue weighted by Gasteiger charge is -2.22. The molecule has 19 heavy (non-hydrogen) atoms. The minimum absolute atomic E-state index is 0.0547. The van der Waals surface area contributed by atoms with Crippen molar-refractivity contribution in [3.63, 3.8) is 0 Å². The average Bonchev–Trinajstić information content (AvgIpc) is 2.64. The molecule has 1 aromatic carbocycles. The van der Waals surface area contributed by atoms with Gasteiger partial charge in [0.1, 0.15) is 5.75 Å². The molecule has 6 heteroatoms. The van der Waals surface area contributed by atoms with Crippen LogP contribution in [-0.4, -0.2) is 23.1 Å². The summed E-state index contributed by atoms with van der Waals surface area (Å²) >= 11 is 0. The van der Waals surface area contributed by atoms with E-state index in [9.17, 15) is 4.39 Å². The molecule has 0 spiro atoms. The number of nitrogen functional groups attached to an aromatic ring is 1. The lowest BCUT2D eigenvalue weighted by atomic mass is 10.2. The topological polar surface area (TPSA) is 64.3 Å². The van der Waals surface area contributed by atoms with E-state index in [0.29, 0.717) is 13.2 Å². The second-order valence-electron chi connectivity index (χ2n) is 4.22. The van der Waals surface area contributed by atoms with Gasteiger partial charge in [0.05, 0.1) is 18.5 Å². The molecule has 1 aliphatic heterocycles. The van der Waals surface area contributed by atoms with E-state index in [-0.39, 0.29) is 11.8 Å². The summed E-state index contributed by atoms with van der Waals surface area (Å²) in [5, 5.41) is 0. The monoisotopic (exact) mass is 260 g/mol. The molecule has 2 aromatic rings. The molecule has 0 amide bonds. The van der Waals surface area contributed by atoms with Crippen LogP contribution in [0.1, 0.15) is 6.42 Å². The molecule has 2 N–H and O–H groups in total. The maximum Gasteiger partial charge on any atom is 0.222 e. The van der Waals surface area contributed by atoms with Crippen LogP contribution in [0.5, 0.6) is 5.75 Å². The van der Waals surface area contributed by atoms with Gasteiger partial charge in [-0.1, -0.05) is 12.1 Å². The van der Waals surface area contributed by atoms with Crippen LogP contribution >= 0.6 is 0 Å². The van der Waals surface area contributed by atoms with Crippen molar-refractivity contribution in [2.24, 2.45) is 0 Å². The molecular formula is C13H13FN4O. The minimum Gasteiger partial charge on any atom is -0.491 e. The van der Waals surface area contributed by atoms with E-state index in [0.717, 1.165) is 24.1 Å². The molecule has 0 radical (unpaired) electrons. The van der Waals surface area contributed by atoms with E-state index in [1.54, 1.807) is 4.90 Å². The summed E-state index contributed by atoms with van der Waals surface area (Å²) in [4.78, 5) is 9.42. The summed E-state index contributed by atoms with van der Waals surface area (Å²) in [6, 6.07) is 7.49. The second kappa shape index (κ2) is 4.72. The predicted molar refractivity (Wildman–Crippen MR) is 70.0 cm³/mol. The van der Waals surface area contributed by atoms with Gasteiger partial charge in [0.2, 0.25) is 5.95 Å². The number of hydrogen-bond donors (Lipinski definition) is 1. The van der Waals surface area contributed by atoms with Crippen LogP contribution < -0.4 is 15.4 Å². The Morgan fingerprint density at radius 1 is 1.32 bits per heavy atom. The van der Waals surface area contributed by atoms with E-state index < -0.39 is 5.82 Å². The zero-order valence-electron chi connectivity index (χ0n) is 10.2. The second-order valence-corrected chi connectivity index (χ2v) is 4.22. The third kappa shape index (κ3) is 2.16. The Kier molecular flexibility index (Phi) is 2.91. The Morgan fingerprint density at radius 2 is 2.16 bits per heavy atom. The number of fused-ring (bicyclic) bond motifs is 1. The smallest absolute Gasteiger partial charge is 0.222 e. The van der Waals surface area contributed by atoms with Crippen LogP contribution in [0.15, 0.2) is 30.5 Å². The lowest BCUT2D eigenvalue weighted by molar-refractivity contribution is 0.322. The summed E-state index contributed by atoms with van der Waals surface area (Å²) in [6.07, 6.45) is 1.87. The molecule has 1 aliphatic rings. The Morgan fingerprint density at radius 3 is 3.05 bits per heavy atom. The number of nitrogens with zero attached hydrogens (tertiary/aromatic N) is 3. The Bertz CT molecular complexity index is 605. The maximum atomic E-state index is 13.9. The van der Waals surface area contributed by atoms with Crippen molar-refractivity contribution in [3.05, 3.63) is 36.3 Å². The normalized spacial score (nSPS) is 14.5. The molecule has 0 bridgehead atoms. The first-order valence-electron chi connectivity index (χ1n) is 6.03. The molecule has 0 saturated heterocycles. The number of ether oxygens (including phenoxy) is 1. The first-order chi connectivity index (χ1) is 9.25. The highest BCUT2D eigenvalue weighted by Gasteiger charge is 2.21. The largest absolute Gasteiger partial charge is 0.491 e. The molecule has 0 unspecified atom stereocenters. The number of hydrogen-bond acceptors (Lipinski definition) is 5. The number of benzene rings is 1. The SMILES string of the molecule is Nc1ncc(F)c(N2CCCOc3ccccc32)n1. The standard InChI is InChI=1S/C13H13FN4O/c14-9-8-16-13(15)17-12(9)18-6-3-7-19-11-5-2-1-4-10(11)18/h1-2,4-5,8H,3,6-7H2,(H2,15,16,17). The van der Waals surface area contributed by atoms with Gasteiger partial charge in [-0.25, -0.2) is 9.37 Å². The molecular weight excluding hydrogens is 247 g/mol. The van der Waals surface area contributed by atoms with Crippen LogP contribution in [0, 0.1) is 5.82 Å². The summed E-state index contributed by atoms with van der Waals surface area (Å²) in [5.41, 5.74) is 6.34. The zero-order valence-corrected chi connectivity index (χ0v) is 10.2. The summed E-state index contributed by atoms with van der Waals surface area (Å²) in [7, 11) is 0. The third-order valence-corrected chi connectivity index (χ3v) is 2.94. The molecule has 98 valence electrons. The van der Waals surface area contributed by atoms with Gasteiger partial charge in [0, 0.05) is 6.54 Å². The highest BCUT2D eigenvalue weighted by atomic mass is 19.1. The zero-order chi connectivity index (χ0) is 13.2. The fraction of sp³-hybridized carbons (Fsp3) is 0.231. The third-order valence-electron chi connectivity index (χ3n) is 2.94. The first kappa shape index (κ1) is 11.7. The average molecular weight is 260 g/mol. The fourth-order valence-corrected chi connectivity index (χ4v) is 2.11. The number of nitrogens with two attached hydrogens (primary N) is 1. The molecule has 1 aromatic heterocycles. The van der Waals surface area contributed by atoms with Crippen LogP contribution in [0.4, 0.5) is 21.8 Å². The summed E-state index contributed by atoms with van der Waals surface area (Å²) in [5.74, 6) is 0.465. The van der Waals surface area contributed by atoms with Crippen molar-refractivity contribution in [2.75, 3.05) is 23.8 Å². The summed E-state index contributed by atoms with van der Waals surface area (Å²) < 4.78 is 19.5. The molecule has 3 rings (SSSR count). The fourth-order valence-electron chi connectivity index (χ4n) is 2.11. The van der Waals surface area contributed by atoms with Gasteiger partial charge in [0.25, 0.3) is 0 Å². The number of rotatable bonds is 1. The van der Waals surface area contributed by atoms with Crippen molar-refractivity contribution in [3.8, 4) is 5.75 Å². The number of aromatic nitrogens is 2. The van der Waals surface area contributed by atoms with Crippen molar-refractivity contribution < 1.29 is 9.13 Å². The highest BCUT2D eigenvalue weighted by molar-refractivity contribution is 5.68. The Hall–Kier alpha value is -2.37. The van der Waals surface area contributed by atoms with Crippen molar-refractivity contribution in [2.45, 2.75) is 6.42 Å². The first-order valence-corrected chi connectivity index (χ1v) is 6.03. The molecule has 0 saturated carbocycles.